The molecule has 4 saturated heterocycles. The van der Waals surface area contributed by atoms with Crippen LogP contribution in [0.5, 0.6) is 0 Å². The van der Waals surface area contributed by atoms with Gasteiger partial charge in [-0.15, -0.1) is 11.3 Å². The van der Waals surface area contributed by atoms with E-state index < -0.39 is 14.9 Å². The fourth-order valence-electron chi connectivity index (χ4n) is 6.25. The highest BCUT2D eigenvalue weighted by Gasteiger charge is 2.73. The Morgan fingerprint density at radius 3 is 2.76 bits per heavy atom. The molecule has 4 aliphatic rings. The number of hydrogen-bond acceptors (Lipinski definition) is 12. The molecule has 1 unspecified atom stereocenters. The maximum atomic E-state index is 13.3. The number of aliphatic hydroxyl groups excluding tert-OH is 1. The third-order valence-electron chi connectivity index (χ3n) is 8.12. The fraction of sp³-hybridized carbons (Fsp3) is 0.591. The summed E-state index contributed by atoms with van der Waals surface area (Å²) in [6, 6.07) is 2.67. The molecular formula is C22H28N10O3S2. The molecule has 0 saturated carbocycles. The van der Waals surface area contributed by atoms with Gasteiger partial charge >= 0.3 is 0 Å². The highest BCUT2D eigenvalue weighted by atomic mass is 32.2. The molecule has 15 heteroatoms. The number of thiazole rings is 1. The molecule has 4 fully saturated rings. The number of nitriles is 1. The van der Waals surface area contributed by atoms with Crippen molar-refractivity contribution in [1.29, 1.82) is 10.7 Å². The lowest BCUT2D eigenvalue weighted by Crippen LogP contribution is -2.85. The van der Waals surface area contributed by atoms with Crippen molar-refractivity contribution in [1.82, 2.24) is 24.2 Å². The molecule has 13 nitrogen and oxygen atoms in total. The zero-order valence-electron chi connectivity index (χ0n) is 20.2. The van der Waals surface area contributed by atoms with Crippen LogP contribution in [0.3, 0.4) is 0 Å². The monoisotopic (exact) mass is 544 g/mol. The van der Waals surface area contributed by atoms with E-state index in [2.05, 4.69) is 26.3 Å². The molecule has 2 aromatic heterocycles. The average Bonchev–Trinajstić information content (AvgIpc) is 3.27. The average molecular weight is 545 g/mol. The van der Waals surface area contributed by atoms with Crippen LogP contribution in [0.15, 0.2) is 17.3 Å². The molecule has 0 aromatic carbocycles. The van der Waals surface area contributed by atoms with Gasteiger partial charge in [-0.05, 0) is 25.7 Å². The molecule has 5 N–H and O–H groups in total. The summed E-state index contributed by atoms with van der Waals surface area (Å²) in [7, 11) is -1.49. The Morgan fingerprint density at radius 1 is 1.41 bits per heavy atom. The normalized spacial score (nSPS) is 30.0. The Labute approximate surface area is 218 Å². The van der Waals surface area contributed by atoms with Gasteiger partial charge < -0.3 is 21.1 Å². The van der Waals surface area contributed by atoms with Gasteiger partial charge in [-0.3, -0.25) is 10.3 Å². The minimum atomic E-state index is -3.44. The molecular weight excluding hydrogens is 516 g/mol. The predicted octanol–water partition coefficient (Wildman–Crippen LogP) is 0.237. The Bertz CT molecular complexity index is 1430. The molecule has 0 radical (unpaired) electrons. The summed E-state index contributed by atoms with van der Waals surface area (Å²) in [4.78, 5) is 17.8. The SMILES string of the molecule is CN(c1nc(NC(=N)/C=C(\N)CO)c2ncsc2n1)[C@H]1C[C@@H]2CC3(S(=O)(=O)N4CC(C#N)C4)C[C@H](C1)N23. The van der Waals surface area contributed by atoms with Gasteiger partial charge in [0.05, 0.1) is 24.1 Å². The van der Waals surface area contributed by atoms with Crippen LogP contribution < -0.4 is 16.0 Å². The number of amidine groups is 1. The molecule has 0 bridgehead atoms. The Morgan fingerprint density at radius 2 is 2.11 bits per heavy atom. The van der Waals surface area contributed by atoms with E-state index in [1.54, 1.807) is 5.51 Å². The number of nitrogens with two attached hydrogens (primary N) is 1. The summed E-state index contributed by atoms with van der Waals surface area (Å²) in [5.41, 5.74) is 8.02. The van der Waals surface area contributed by atoms with Gasteiger partial charge in [0.25, 0.3) is 0 Å². The van der Waals surface area contributed by atoms with Crippen molar-refractivity contribution in [2.45, 2.75) is 48.7 Å². The molecule has 196 valence electrons. The minimum absolute atomic E-state index is 0.0220. The number of anilines is 2. The van der Waals surface area contributed by atoms with Crippen molar-refractivity contribution in [2.75, 3.05) is 37.0 Å². The second-order valence-electron chi connectivity index (χ2n) is 10.2. The van der Waals surface area contributed by atoms with E-state index in [0.717, 1.165) is 12.8 Å². The molecule has 6 rings (SSSR count). The van der Waals surface area contributed by atoms with Gasteiger partial charge in [0.15, 0.2) is 10.6 Å². The van der Waals surface area contributed by atoms with Crippen LogP contribution >= 0.6 is 11.3 Å². The Balaban J connectivity index is 1.18. The lowest BCUT2D eigenvalue weighted by atomic mass is 9.67. The van der Waals surface area contributed by atoms with Crippen molar-refractivity contribution in [3.8, 4) is 6.07 Å². The van der Waals surface area contributed by atoms with Crippen LogP contribution in [0.4, 0.5) is 11.8 Å². The van der Waals surface area contributed by atoms with Crippen molar-refractivity contribution in [3.05, 3.63) is 17.3 Å². The first-order valence-corrected chi connectivity index (χ1v) is 14.4. The first-order chi connectivity index (χ1) is 17.7. The van der Waals surface area contributed by atoms with Crippen molar-refractivity contribution >= 4 is 49.3 Å². The molecule has 4 aliphatic heterocycles. The maximum Gasteiger partial charge on any atom is 0.233 e. The van der Waals surface area contributed by atoms with Crippen LogP contribution in [0, 0.1) is 22.7 Å². The van der Waals surface area contributed by atoms with E-state index in [4.69, 9.17) is 26.5 Å². The fourth-order valence-corrected chi connectivity index (χ4v) is 9.51. The number of aliphatic hydroxyl groups is 1. The number of aromatic nitrogens is 3. The van der Waals surface area contributed by atoms with E-state index >= 15 is 0 Å². The molecule has 37 heavy (non-hydrogen) atoms. The number of nitrogens with one attached hydrogen (secondary N) is 2. The summed E-state index contributed by atoms with van der Waals surface area (Å²) >= 11 is 1.38. The van der Waals surface area contributed by atoms with Crippen molar-refractivity contribution in [3.63, 3.8) is 0 Å². The number of piperidine rings is 2. The minimum Gasteiger partial charge on any atom is -0.400 e. The van der Waals surface area contributed by atoms with Crippen LogP contribution in [0.2, 0.25) is 0 Å². The van der Waals surface area contributed by atoms with Gasteiger partial charge in [-0.25, -0.2) is 13.4 Å². The van der Waals surface area contributed by atoms with E-state index in [-0.39, 0.29) is 42.2 Å². The number of hydrogen-bond donors (Lipinski definition) is 4. The molecule has 0 aliphatic carbocycles. The second-order valence-corrected chi connectivity index (χ2v) is 13.3. The quantitative estimate of drug-likeness (QED) is 0.276. The van der Waals surface area contributed by atoms with Gasteiger partial charge in [0, 0.05) is 50.0 Å². The number of rotatable bonds is 7. The summed E-state index contributed by atoms with van der Waals surface area (Å²) in [6.07, 6.45) is 4.17. The summed E-state index contributed by atoms with van der Waals surface area (Å²) in [5.74, 6) is 0.677. The van der Waals surface area contributed by atoms with E-state index in [9.17, 15) is 8.42 Å². The predicted molar refractivity (Wildman–Crippen MR) is 138 cm³/mol. The largest absolute Gasteiger partial charge is 0.400 e. The Kier molecular flexibility index (Phi) is 5.66. The first kappa shape index (κ1) is 24.4. The van der Waals surface area contributed by atoms with Gasteiger partial charge in [-0.2, -0.15) is 19.5 Å². The summed E-state index contributed by atoms with van der Waals surface area (Å²) < 4.78 is 28.1. The van der Waals surface area contributed by atoms with Crippen LogP contribution in [-0.2, 0) is 10.0 Å². The summed E-state index contributed by atoms with van der Waals surface area (Å²) in [5, 5.41) is 29.2. The lowest BCUT2D eigenvalue weighted by Gasteiger charge is -2.73. The third-order valence-corrected chi connectivity index (χ3v) is 11.3. The molecule has 6 heterocycles. The summed E-state index contributed by atoms with van der Waals surface area (Å²) in [6.45, 7) is 0.265. The smallest absolute Gasteiger partial charge is 0.233 e. The van der Waals surface area contributed by atoms with E-state index in [1.165, 1.54) is 21.7 Å². The zero-order chi connectivity index (χ0) is 26.1. The van der Waals surface area contributed by atoms with Crippen molar-refractivity contribution < 1.29 is 13.5 Å². The van der Waals surface area contributed by atoms with Gasteiger partial charge in [0.2, 0.25) is 16.0 Å². The molecule has 0 amide bonds. The number of nitrogens with zero attached hydrogens (tertiary/aromatic N) is 7. The lowest BCUT2D eigenvalue weighted by molar-refractivity contribution is -0.177. The Hall–Kier alpha value is -2.90. The standard InChI is InChI=1S/C22H28N10O3S2/c1-30(21-28-19(18-20(29-21)36-11-26-18)27-17(25)2-13(24)10-33)14-3-15-5-22(6-16(4-14)32(15)22)37(34,35)31-8-12(7-23)9-31/h2,11-12,14-16,33H,3-6,8-10,24H2,1H3,(H2,25,27,28,29)/b13-2-/t14-,15+,16-,22?. The third kappa shape index (κ3) is 3.62. The highest BCUT2D eigenvalue weighted by Crippen LogP contribution is 2.60. The zero-order valence-corrected chi connectivity index (χ0v) is 21.8. The topological polar surface area (TPSA) is 188 Å². The molecule has 0 spiro atoms. The van der Waals surface area contributed by atoms with Crippen molar-refractivity contribution in [2.24, 2.45) is 11.7 Å². The number of fused-ring (bicyclic) bond motifs is 1. The molecule has 4 atom stereocenters. The first-order valence-electron chi connectivity index (χ1n) is 12.1. The maximum absolute atomic E-state index is 13.3. The van der Waals surface area contributed by atoms with E-state index in [0.29, 0.717) is 48.0 Å². The van der Waals surface area contributed by atoms with Gasteiger partial charge in [0.1, 0.15) is 16.2 Å². The van der Waals surface area contributed by atoms with E-state index in [1.807, 2.05) is 11.9 Å². The molecule has 2 aromatic rings. The van der Waals surface area contributed by atoms with Gasteiger partial charge in [-0.1, -0.05) is 0 Å². The second kappa shape index (κ2) is 8.57. The van der Waals surface area contributed by atoms with Crippen LogP contribution in [0.25, 0.3) is 10.3 Å². The van der Waals surface area contributed by atoms with Crippen LogP contribution in [-0.4, -0.2) is 93.3 Å². The number of sulfonamides is 1. The van der Waals surface area contributed by atoms with Crippen LogP contribution in [0.1, 0.15) is 25.7 Å². The highest BCUT2D eigenvalue weighted by molar-refractivity contribution is 7.90.